The first-order valence-electron chi connectivity index (χ1n) is 5.04. The van der Waals surface area contributed by atoms with E-state index in [0.717, 1.165) is 17.8 Å². The molecule has 1 aromatic heterocycles. The number of carbonyl (C=O) groups is 1. The lowest BCUT2D eigenvalue weighted by atomic mass is 10.3. The zero-order valence-electron chi connectivity index (χ0n) is 9.74. The third-order valence-corrected chi connectivity index (χ3v) is 2.57. The first-order valence-corrected chi connectivity index (χ1v) is 6.02. The molecular weight excluding hydrogens is 269 g/mol. The Kier molecular flexibility index (Phi) is 4.94. The lowest BCUT2D eigenvalue weighted by Crippen LogP contribution is -2.11. The number of esters is 1. The average Bonchev–Trinajstić information content (AvgIpc) is 2.25. The summed E-state index contributed by atoms with van der Waals surface area (Å²) in [6, 6.07) is 0.856. The Morgan fingerprint density at radius 3 is 2.67 bits per heavy atom. The van der Waals surface area contributed by atoms with Gasteiger partial charge in [-0.3, -0.25) is 4.79 Å². The number of aromatic nitrogens is 2. The summed E-state index contributed by atoms with van der Waals surface area (Å²) in [5.41, 5.74) is -0.815. The van der Waals surface area contributed by atoms with Gasteiger partial charge in [0.2, 0.25) is 0 Å². The van der Waals surface area contributed by atoms with Crippen LogP contribution in [0.5, 0.6) is 0 Å². The van der Waals surface area contributed by atoms with E-state index in [4.69, 9.17) is 0 Å². The van der Waals surface area contributed by atoms with E-state index in [2.05, 4.69) is 14.7 Å². The quantitative estimate of drug-likeness (QED) is 0.482. The minimum Gasteiger partial charge on any atom is -0.465 e. The molecule has 18 heavy (non-hydrogen) atoms. The van der Waals surface area contributed by atoms with E-state index in [1.165, 1.54) is 6.92 Å². The van der Waals surface area contributed by atoms with E-state index in [1.54, 1.807) is 6.92 Å². The molecular formula is C10H11F3N2O2S. The standard InChI is InChI=1S/C10H11F3N2O2S/c1-3-17-8(16)5-18-9-14-6(2)4-7(15-9)10(11,12)13/h4H,3,5H2,1-2H3. The van der Waals surface area contributed by atoms with Gasteiger partial charge in [-0.15, -0.1) is 0 Å². The number of halogens is 3. The Balaban J connectivity index is 2.78. The van der Waals surface area contributed by atoms with Crippen LogP contribution in [-0.4, -0.2) is 28.3 Å². The maximum atomic E-state index is 12.5. The van der Waals surface area contributed by atoms with Crippen molar-refractivity contribution in [3.8, 4) is 0 Å². The van der Waals surface area contributed by atoms with Crippen LogP contribution in [-0.2, 0) is 15.7 Å². The van der Waals surface area contributed by atoms with Crippen molar-refractivity contribution in [1.29, 1.82) is 0 Å². The summed E-state index contributed by atoms with van der Waals surface area (Å²) in [5, 5.41) is -0.0876. The maximum Gasteiger partial charge on any atom is 0.433 e. The Morgan fingerprint density at radius 1 is 1.44 bits per heavy atom. The number of ether oxygens (including phenoxy) is 1. The fourth-order valence-corrected chi connectivity index (χ4v) is 1.78. The molecule has 0 unspecified atom stereocenters. The third-order valence-electron chi connectivity index (χ3n) is 1.75. The molecule has 0 aromatic carbocycles. The molecule has 8 heteroatoms. The maximum absolute atomic E-state index is 12.5. The minimum absolute atomic E-state index is 0.0876. The van der Waals surface area contributed by atoms with Gasteiger partial charge in [0.25, 0.3) is 0 Å². The normalized spacial score (nSPS) is 11.4. The van der Waals surface area contributed by atoms with Gasteiger partial charge in [0.05, 0.1) is 12.4 Å². The highest BCUT2D eigenvalue weighted by atomic mass is 32.2. The van der Waals surface area contributed by atoms with E-state index >= 15 is 0 Å². The molecule has 0 atom stereocenters. The van der Waals surface area contributed by atoms with Gasteiger partial charge in [-0.1, -0.05) is 11.8 Å². The molecule has 1 heterocycles. The van der Waals surface area contributed by atoms with Crippen LogP contribution in [0.25, 0.3) is 0 Å². The van der Waals surface area contributed by atoms with Gasteiger partial charge < -0.3 is 4.74 Å². The summed E-state index contributed by atoms with van der Waals surface area (Å²) >= 11 is 0.816. The van der Waals surface area contributed by atoms with Crippen LogP contribution in [0.3, 0.4) is 0 Å². The number of aryl methyl sites for hydroxylation is 1. The molecule has 0 saturated heterocycles. The van der Waals surface area contributed by atoms with Crippen LogP contribution in [0, 0.1) is 6.92 Å². The smallest absolute Gasteiger partial charge is 0.433 e. The molecule has 1 aromatic rings. The Morgan fingerprint density at radius 2 is 2.11 bits per heavy atom. The van der Waals surface area contributed by atoms with Gasteiger partial charge in [-0.2, -0.15) is 13.2 Å². The number of hydrogen-bond acceptors (Lipinski definition) is 5. The van der Waals surface area contributed by atoms with E-state index in [9.17, 15) is 18.0 Å². The first kappa shape index (κ1) is 14.7. The third kappa shape index (κ3) is 4.52. The molecule has 0 aliphatic carbocycles. The minimum atomic E-state index is -4.52. The largest absolute Gasteiger partial charge is 0.465 e. The number of carbonyl (C=O) groups excluding carboxylic acids is 1. The zero-order valence-corrected chi connectivity index (χ0v) is 10.6. The van der Waals surface area contributed by atoms with Gasteiger partial charge in [-0.25, -0.2) is 9.97 Å². The molecule has 0 aliphatic heterocycles. The predicted octanol–water partition coefficient (Wildman–Crippen LogP) is 2.46. The van der Waals surface area contributed by atoms with E-state index in [1.807, 2.05) is 0 Å². The summed E-state index contributed by atoms with van der Waals surface area (Å²) in [6.07, 6.45) is -4.52. The SMILES string of the molecule is CCOC(=O)CSc1nc(C)cc(C(F)(F)F)n1. The molecule has 0 aliphatic rings. The zero-order chi connectivity index (χ0) is 13.8. The van der Waals surface area contributed by atoms with Crippen LogP contribution in [0.2, 0.25) is 0 Å². The highest BCUT2D eigenvalue weighted by Crippen LogP contribution is 2.29. The van der Waals surface area contributed by atoms with Crippen molar-refractivity contribution in [1.82, 2.24) is 9.97 Å². The molecule has 0 radical (unpaired) electrons. The van der Waals surface area contributed by atoms with Gasteiger partial charge in [0, 0.05) is 5.69 Å². The fraction of sp³-hybridized carbons (Fsp3) is 0.500. The van der Waals surface area contributed by atoms with Crippen molar-refractivity contribution in [3.63, 3.8) is 0 Å². The first-order chi connectivity index (χ1) is 8.32. The summed E-state index contributed by atoms with van der Waals surface area (Å²) < 4.78 is 42.1. The summed E-state index contributed by atoms with van der Waals surface area (Å²) in [5.74, 6) is -0.629. The molecule has 0 saturated carbocycles. The molecule has 4 nitrogen and oxygen atoms in total. The van der Waals surface area contributed by atoms with E-state index < -0.39 is 17.8 Å². The monoisotopic (exact) mass is 280 g/mol. The van der Waals surface area contributed by atoms with E-state index in [-0.39, 0.29) is 23.2 Å². The van der Waals surface area contributed by atoms with Crippen molar-refractivity contribution >= 4 is 17.7 Å². The number of alkyl halides is 3. The second kappa shape index (κ2) is 6.03. The summed E-state index contributed by atoms with van der Waals surface area (Å²) in [4.78, 5) is 18.2. The van der Waals surface area contributed by atoms with E-state index in [0.29, 0.717) is 0 Å². The number of nitrogens with zero attached hydrogens (tertiary/aromatic N) is 2. The van der Waals surface area contributed by atoms with Crippen LogP contribution < -0.4 is 0 Å². The Hall–Kier alpha value is -1.31. The number of hydrogen-bond donors (Lipinski definition) is 0. The molecule has 100 valence electrons. The number of rotatable bonds is 4. The topological polar surface area (TPSA) is 52.1 Å². The lowest BCUT2D eigenvalue weighted by molar-refractivity contribution is -0.141. The highest BCUT2D eigenvalue weighted by molar-refractivity contribution is 7.99. The summed E-state index contributed by atoms with van der Waals surface area (Å²) in [7, 11) is 0. The van der Waals surface area contributed by atoms with Gasteiger partial charge >= 0.3 is 12.1 Å². The Bertz CT molecular complexity index is 438. The lowest BCUT2D eigenvalue weighted by Gasteiger charge is -2.08. The fourth-order valence-electron chi connectivity index (χ4n) is 1.08. The van der Waals surface area contributed by atoms with Gasteiger partial charge in [0.15, 0.2) is 5.16 Å². The van der Waals surface area contributed by atoms with Crippen LogP contribution in [0.4, 0.5) is 13.2 Å². The summed E-state index contributed by atoms with van der Waals surface area (Å²) in [6.45, 7) is 3.31. The second-order valence-electron chi connectivity index (χ2n) is 3.27. The molecule has 0 N–H and O–H groups in total. The molecule has 1 rings (SSSR count). The predicted molar refractivity (Wildman–Crippen MR) is 59.1 cm³/mol. The average molecular weight is 280 g/mol. The Labute approximate surface area is 106 Å². The van der Waals surface area contributed by atoms with Crippen LogP contribution >= 0.6 is 11.8 Å². The van der Waals surface area contributed by atoms with Gasteiger partial charge in [0.1, 0.15) is 5.69 Å². The van der Waals surface area contributed by atoms with Crippen molar-refractivity contribution in [2.24, 2.45) is 0 Å². The second-order valence-corrected chi connectivity index (χ2v) is 4.21. The van der Waals surface area contributed by atoms with Crippen molar-refractivity contribution in [2.45, 2.75) is 25.2 Å². The molecule has 0 bridgehead atoms. The van der Waals surface area contributed by atoms with Crippen molar-refractivity contribution < 1.29 is 22.7 Å². The van der Waals surface area contributed by atoms with Crippen molar-refractivity contribution in [3.05, 3.63) is 17.5 Å². The van der Waals surface area contributed by atoms with Crippen LogP contribution in [0.15, 0.2) is 11.2 Å². The highest BCUT2D eigenvalue weighted by Gasteiger charge is 2.33. The van der Waals surface area contributed by atoms with Crippen LogP contribution in [0.1, 0.15) is 18.3 Å². The van der Waals surface area contributed by atoms with Gasteiger partial charge in [-0.05, 0) is 19.9 Å². The molecule has 0 spiro atoms. The number of thioether (sulfide) groups is 1. The van der Waals surface area contributed by atoms with Crippen molar-refractivity contribution in [2.75, 3.05) is 12.4 Å². The molecule has 0 fully saturated rings. The molecule has 0 amide bonds.